The maximum atomic E-state index is 13.0. The number of nitrogens with one attached hydrogen (secondary N) is 1. The van der Waals surface area contributed by atoms with E-state index in [4.69, 9.17) is 0 Å². The van der Waals surface area contributed by atoms with E-state index in [9.17, 15) is 19.7 Å². The molecule has 1 unspecified atom stereocenters. The van der Waals surface area contributed by atoms with Crippen molar-refractivity contribution in [2.45, 2.75) is 19.9 Å². The van der Waals surface area contributed by atoms with Gasteiger partial charge in [-0.1, -0.05) is 18.2 Å². The van der Waals surface area contributed by atoms with Gasteiger partial charge in [0.25, 0.3) is 11.6 Å². The summed E-state index contributed by atoms with van der Waals surface area (Å²) >= 11 is 1.48. The third-order valence-electron chi connectivity index (χ3n) is 4.39. The van der Waals surface area contributed by atoms with Crippen LogP contribution in [0, 0.1) is 24.0 Å². The molecule has 1 saturated heterocycles. The van der Waals surface area contributed by atoms with Gasteiger partial charge in [0.1, 0.15) is 6.04 Å². The van der Waals surface area contributed by atoms with Crippen molar-refractivity contribution in [1.29, 1.82) is 0 Å². The zero-order valence-electron chi connectivity index (χ0n) is 15.0. The minimum atomic E-state index is -0.623. The van der Waals surface area contributed by atoms with Gasteiger partial charge >= 0.3 is 0 Å². The molecule has 140 valence electrons. The number of benzene rings is 2. The van der Waals surface area contributed by atoms with Crippen molar-refractivity contribution in [3.05, 3.63) is 69.3 Å². The summed E-state index contributed by atoms with van der Waals surface area (Å²) in [5.41, 5.74) is 2.45. The van der Waals surface area contributed by atoms with E-state index in [1.807, 2.05) is 25.1 Å². The summed E-state index contributed by atoms with van der Waals surface area (Å²) in [5.74, 6) is 0.220. The minimum Gasteiger partial charge on any atom is -0.324 e. The zero-order chi connectivity index (χ0) is 19.6. The minimum absolute atomic E-state index is 0.142. The Morgan fingerprint density at radius 1 is 1.22 bits per heavy atom. The lowest BCUT2D eigenvalue weighted by atomic mass is 10.1. The summed E-state index contributed by atoms with van der Waals surface area (Å²) in [6.45, 7) is 3.66. The topological polar surface area (TPSA) is 92.6 Å². The third-order valence-corrected chi connectivity index (χ3v) is 5.41. The molecule has 1 fully saturated rings. The number of hydrogen-bond acceptors (Lipinski definition) is 5. The first kappa shape index (κ1) is 18.9. The molecule has 0 aromatic heterocycles. The highest BCUT2D eigenvalue weighted by Gasteiger charge is 2.36. The van der Waals surface area contributed by atoms with Crippen LogP contribution < -0.4 is 5.32 Å². The molecule has 27 heavy (non-hydrogen) atoms. The number of anilines is 1. The molecule has 1 aliphatic heterocycles. The number of non-ortho nitro benzene ring substituents is 1. The molecule has 2 amide bonds. The van der Waals surface area contributed by atoms with Crippen molar-refractivity contribution in [3.8, 4) is 0 Å². The molecule has 0 bridgehead atoms. The van der Waals surface area contributed by atoms with Crippen molar-refractivity contribution in [3.63, 3.8) is 0 Å². The number of hydrogen-bond donors (Lipinski definition) is 1. The Bertz CT molecular complexity index is 916. The van der Waals surface area contributed by atoms with Gasteiger partial charge < -0.3 is 10.2 Å². The van der Waals surface area contributed by atoms with E-state index >= 15 is 0 Å². The van der Waals surface area contributed by atoms with Crippen LogP contribution in [0.4, 0.5) is 11.4 Å². The van der Waals surface area contributed by atoms with Gasteiger partial charge in [0.15, 0.2) is 0 Å². The molecule has 2 aromatic carbocycles. The van der Waals surface area contributed by atoms with E-state index in [1.165, 1.54) is 28.8 Å². The zero-order valence-corrected chi connectivity index (χ0v) is 15.8. The quantitative estimate of drug-likeness (QED) is 0.643. The fraction of sp³-hybridized carbons (Fsp3) is 0.263. The Labute approximate surface area is 160 Å². The van der Waals surface area contributed by atoms with Gasteiger partial charge in [-0.2, -0.15) is 0 Å². The van der Waals surface area contributed by atoms with Crippen LogP contribution >= 0.6 is 11.8 Å². The lowest BCUT2D eigenvalue weighted by molar-refractivity contribution is -0.384. The van der Waals surface area contributed by atoms with Crippen molar-refractivity contribution >= 4 is 35.0 Å². The van der Waals surface area contributed by atoms with E-state index in [2.05, 4.69) is 5.32 Å². The Morgan fingerprint density at radius 2 is 2.00 bits per heavy atom. The summed E-state index contributed by atoms with van der Waals surface area (Å²) in [5, 5.41) is 13.9. The molecule has 0 saturated carbocycles. The molecule has 1 aliphatic rings. The molecule has 0 spiro atoms. The number of nitrogens with zero attached hydrogens (tertiary/aromatic N) is 2. The molecule has 0 aliphatic carbocycles. The van der Waals surface area contributed by atoms with Crippen molar-refractivity contribution < 1.29 is 14.5 Å². The molecule has 1 atom stereocenters. The maximum Gasteiger partial charge on any atom is 0.270 e. The van der Waals surface area contributed by atoms with Crippen LogP contribution in [0.2, 0.25) is 0 Å². The average Bonchev–Trinajstić information content (AvgIpc) is 3.11. The fourth-order valence-corrected chi connectivity index (χ4v) is 4.07. The normalized spacial score (nSPS) is 16.2. The first-order chi connectivity index (χ1) is 12.9. The molecule has 0 radical (unpaired) electrons. The molecular weight excluding hydrogens is 366 g/mol. The van der Waals surface area contributed by atoms with Crippen LogP contribution in [0.15, 0.2) is 42.5 Å². The van der Waals surface area contributed by atoms with Gasteiger partial charge in [-0.25, -0.2) is 0 Å². The van der Waals surface area contributed by atoms with Crippen molar-refractivity contribution in [1.82, 2.24) is 4.90 Å². The van der Waals surface area contributed by atoms with Gasteiger partial charge in [0.2, 0.25) is 5.91 Å². The second-order valence-corrected chi connectivity index (χ2v) is 7.41. The summed E-state index contributed by atoms with van der Waals surface area (Å²) in [7, 11) is 0. The molecular formula is C19H19N3O4S. The van der Waals surface area contributed by atoms with Crippen LogP contribution in [0.3, 0.4) is 0 Å². The predicted octanol–water partition coefficient (Wildman–Crippen LogP) is 3.37. The van der Waals surface area contributed by atoms with Gasteiger partial charge in [-0.3, -0.25) is 19.7 Å². The predicted molar refractivity (Wildman–Crippen MR) is 105 cm³/mol. The van der Waals surface area contributed by atoms with Crippen molar-refractivity contribution in [2.24, 2.45) is 0 Å². The Hall–Kier alpha value is -2.87. The van der Waals surface area contributed by atoms with Gasteiger partial charge in [0.05, 0.1) is 10.8 Å². The number of nitro benzene ring substituents is 1. The number of aryl methyl sites for hydroxylation is 2. The van der Waals surface area contributed by atoms with Crippen molar-refractivity contribution in [2.75, 3.05) is 16.9 Å². The maximum absolute atomic E-state index is 13.0. The number of nitro groups is 1. The largest absolute Gasteiger partial charge is 0.324 e. The van der Waals surface area contributed by atoms with E-state index in [-0.39, 0.29) is 23.1 Å². The number of thioether (sulfide) groups is 1. The number of rotatable bonds is 4. The summed E-state index contributed by atoms with van der Waals surface area (Å²) in [4.78, 5) is 37.6. The van der Waals surface area contributed by atoms with E-state index < -0.39 is 11.0 Å². The average molecular weight is 385 g/mol. The lowest BCUT2D eigenvalue weighted by Gasteiger charge is -2.24. The van der Waals surface area contributed by atoms with Gasteiger partial charge in [-0.05, 0) is 37.1 Å². The third kappa shape index (κ3) is 4.11. The van der Waals surface area contributed by atoms with Gasteiger partial charge in [-0.15, -0.1) is 11.8 Å². The Kier molecular flexibility index (Phi) is 5.46. The standard InChI is InChI=1S/C19H19N3O4S/c1-12-4-3-5-14(8-12)20-18(23)17-10-27-11-21(17)19(24)16-9-15(22(25)26)7-6-13(16)2/h3-9,17H,10-11H2,1-2H3,(H,20,23). The molecule has 1 N–H and O–H groups in total. The van der Waals surface area contributed by atoms with Crippen LogP contribution in [-0.4, -0.2) is 39.3 Å². The lowest BCUT2D eigenvalue weighted by Crippen LogP contribution is -2.44. The molecule has 1 heterocycles. The Balaban J connectivity index is 1.81. The second-order valence-electron chi connectivity index (χ2n) is 6.41. The van der Waals surface area contributed by atoms with Crippen LogP contribution in [0.5, 0.6) is 0 Å². The highest BCUT2D eigenvalue weighted by Crippen LogP contribution is 2.27. The monoisotopic (exact) mass is 385 g/mol. The fourth-order valence-electron chi connectivity index (χ4n) is 2.92. The highest BCUT2D eigenvalue weighted by atomic mass is 32.2. The van der Waals surface area contributed by atoms with E-state index in [0.29, 0.717) is 22.9 Å². The molecule has 7 nitrogen and oxygen atoms in total. The van der Waals surface area contributed by atoms with E-state index in [1.54, 1.807) is 19.1 Å². The van der Waals surface area contributed by atoms with E-state index in [0.717, 1.165) is 5.56 Å². The van der Waals surface area contributed by atoms with Crippen LogP contribution in [0.25, 0.3) is 0 Å². The molecule has 3 rings (SSSR count). The van der Waals surface area contributed by atoms with Gasteiger partial charge in [0, 0.05) is 29.1 Å². The second kappa shape index (κ2) is 7.79. The number of amides is 2. The number of carbonyl (C=O) groups is 2. The smallest absolute Gasteiger partial charge is 0.270 e. The first-order valence-electron chi connectivity index (χ1n) is 8.38. The summed E-state index contributed by atoms with van der Waals surface area (Å²) < 4.78 is 0. The van der Waals surface area contributed by atoms with Crippen LogP contribution in [0.1, 0.15) is 21.5 Å². The molecule has 8 heteroatoms. The summed E-state index contributed by atoms with van der Waals surface area (Å²) in [6.07, 6.45) is 0. The number of carbonyl (C=O) groups excluding carboxylic acids is 2. The first-order valence-corrected chi connectivity index (χ1v) is 9.53. The van der Waals surface area contributed by atoms with Crippen LogP contribution in [-0.2, 0) is 4.79 Å². The SMILES string of the molecule is Cc1cccc(NC(=O)C2CSCN2C(=O)c2cc([N+](=O)[O-])ccc2C)c1. The molecule has 2 aromatic rings. The highest BCUT2D eigenvalue weighted by molar-refractivity contribution is 7.99. The summed E-state index contributed by atoms with van der Waals surface area (Å²) in [6, 6.07) is 11.0. The Morgan fingerprint density at radius 3 is 2.70 bits per heavy atom.